The largest absolute Gasteiger partial charge is 0.382 e. The maximum Gasteiger partial charge on any atom is 0.140 e. The predicted octanol–water partition coefficient (Wildman–Crippen LogP) is 2.52. The van der Waals surface area contributed by atoms with E-state index >= 15 is 0 Å². The SMILES string of the molecule is OC1(c2nccn2CCCN2CCCCC2)CCCC1. The lowest BCUT2D eigenvalue weighted by Gasteiger charge is -2.27. The summed E-state index contributed by atoms with van der Waals surface area (Å²) in [5.74, 6) is 0.897. The molecule has 3 rings (SSSR count). The second-order valence-corrected chi connectivity index (χ2v) is 6.44. The lowest BCUT2D eigenvalue weighted by Crippen LogP contribution is -2.31. The van der Waals surface area contributed by atoms with Gasteiger partial charge < -0.3 is 14.6 Å². The third kappa shape index (κ3) is 3.07. The molecule has 1 aromatic rings. The van der Waals surface area contributed by atoms with Crippen molar-refractivity contribution in [2.24, 2.45) is 0 Å². The molecule has 1 aliphatic carbocycles. The van der Waals surface area contributed by atoms with Crippen LogP contribution in [0.25, 0.3) is 0 Å². The van der Waals surface area contributed by atoms with E-state index in [1.54, 1.807) is 0 Å². The smallest absolute Gasteiger partial charge is 0.140 e. The molecule has 2 heterocycles. The van der Waals surface area contributed by atoms with Gasteiger partial charge in [-0.25, -0.2) is 4.98 Å². The Labute approximate surface area is 121 Å². The van der Waals surface area contributed by atoms with E-state index in [0.717, 1.165) is 44.5 Å². The first-order valence-electron chi connectivity index (χ1n) is 8.24. The van der Waals surface area contributed by atoms with Crippen molar-refractivity contribution in [2.75, 3.05) is 19.6 Å². The van der Waals surface area contributed by atoms with Crippen molar-refractivity contribution in [3.8, 4) is 0 Å². The second-order valence-electron chi connectivity index (χ2n) is 6.44. The molecule has 0 unspecified atom stereocenters. The van der Waals surface area contributed by atoms with Gasteiger partial charge in [0.25, 0.3) is 0 Å². The molecule has 0 spiro atoms. The molecule has 1 aliphatic heterocycles. The van der Waals surface area contributed by atoms with Gasteiger partial charge in [0.2, 0.25) is 0 Å². The first-order chi connectivity index (χ1) is 9.78. The van der Waals surface area contributed by atoms with Crippen LogP contribution in [0, 0.1) is 0 Å². The van der Waals surface area contributed by atoms with Crippen molar-refractivity contribution in [1.82, 2.24) is 14.5 Å². The van der Waals surface area contributed by atoms with Crippen LogP contribution in [0.3, 0.4) is 0 Å². The number of imidazole rings is 1. The molecule has 1 saturated heterocycles. The average molecular weight is 277 g/mol. The van der Waals surface area contributed by atoms with Crippen molar-refractivity contribution in [3.63, 3.8) is 0 Å². The highest BCUT2D eigenvalue weighted by molar-refractivity contribution is 5.07. The number of hydrogen-bond acceptors (Lipinski definition) is 3. The minimum absolute atomic E-state index is 0.658. The molecule has 0 bridgehead atoms. The molecule has 1 N–H and O–H groups in total. The quantitative estimate of drug-likeness (QED) is 0.899. The number of hydrogen-bond donors (Lipinski definition) is 1. The molecule has 0 amide bonds. The Morgan fingerprint density at radius 2 is 1.80 bits per heavy atom. The number of rotatable bonds is 5. The van der Waals surface area contributed by atoms with Gasteiger partial charge in [0.15, 0.2) is 0 Å². The Balaban J connectivity index is 1.54. The van der Waals surface area contributed by atoms with Crippen LogP contribution in [0.4, 0.5) is 0 Å². The van der Waals surface area contributed by atoms with E-state index < -0.39 is 5.60 Å². The van der Waals surface area contributed by atoms with Gasteiger partial charge in [0, 0.05) is 18.9 Å². The molecule has 0 aromatic carbocycles. The lowest BCUT2D eigenvalue weighted by molar-refractivity contribution is 0.0312. The van der Waals surface area contributed by atoms with Crippen molar-refractivity contribution in [2.45, 2.75) is 63.5 Å². The Morgan fingerprint density at radius 3 is 2.55 bits per heavy atom. The molecule has 4 nitrogen and oxygen atoms in total. The van der Waals surface area contributed by atoms with Crippen LogP contribution < -0.4 is 0 Å². The first-order valence-corrected chi connectivity index (χ1v) is 8.24. The van der Waals surface area contributed by atoms with E-state index in [2.05, 4.69) is 14.5 Å². The number of aromatic nitrogens is 2. The summed E-state index contributed by atoms with van der Waals surface area (Å²) >= 11 is 0. The normalized spacial score (nSPS) is 23.2. The Bertz CT molecular complexity index is 417. The number of likely N-dealkylation sites (tertiary alicyclic amines) is 1. The molecule has 0 radical (unpaired) electrons. The second kappa shape index (κ2) is 6.27. The van der Waals surface area contributed by atoms with Crippen LogP contribution in [0.1, 0.15) is 57.2 Å². The summed E-state index contributed by atoms with van der Waals surface area (Å²) in [5.41, 5.74) is -0.658. The van der Waals surface area contributed by atoms with Crippen molar-refractivity contribution in [3.05, 3.63) is 18.2 Å². The first kappa shape index (κ1) is 14.1. The number of piperidine rings is 1. The number of aryl methyl sites for hydroxylation is 1. The summed E-state index contributed by atoms with van der Waals surface area (Å²) in [4.78, 5) is 7.01. The van der Waals surface area contributed by atoms with E-state index in [9.17, 15) is 5.11 Å². The minimum Gasteiger partial charge on any atom is -0.382 e. The Kier molecular flexibility index (Phi) is 4.41. The summed E-state index contributed by atoms with van der Waals surface area (Å²) in [7, 11) is 0. The molecule has 0 atom stereocenters. The van der Waals surface area contributed by atoms with Gasteiger partial charge >= 0.3 is 0 Å². The molecular formula is C16H27N3O. The van der Waals surface area contributed by atoms with Crippen LogP contribution in [0.2, 0.25) is 0 Å². The van der Waals surface area contributed by atoms with Gasteiger partial charge in [-0.1, -0.05) is 6.42 Å². The third-order valence-corrected chi connectivity index (χ3v) is 4.88. The van der Waals surface area contributed by atoms with Crippen molar-refractivity contribution < 1.29 is 5.11 Å². The standard InChI is InChI=1S/C16H27N3O/c20-16(7-2-3-8-16)15-17-9-14-19(15)13-6-12-18-10-4-1-5-11-18/h9,14,20H,1-8,10-13H2. The van der Waals surface area contributed by atoms with E-state index in [4.69, 9.17) is 0 Å². The molecule has 4 heteroatoms. The average Bonchev–Trinajstić information content (AvgIpc) is 3.10. The molecule has 1 aromatic heterocycles. The summed E-state index contributed by atoms with van der Waals surface area (Å²) < 4.78 is 2.18. The predicted molar refractivity (Wildman–Crippen MR) is 79.5 cm³/mol. The monoisotopic (exact) mass is 277 g/mol. The van der Waals surface area contributed by atoms with Crippen LogP contribution in [-0.2, 0) is 12.1 Å². The fraction of sp³-hybridized carbons (Fsp3) is 0.812. The van der Waals surface area contributed by atoms with Gasteiger partial charge in [-0.3, -0.25) is 0 Å². The molecule has 20 heavy (non-hydrogen) atoms. The van der Waals surface area contributed by atoms with Crippen molar-refractivity contribution >= 4 is 0 Å². The van der Waals surface area contributed by atoms with Crippen LogP contribution in [-0.4, -0.2) is 39.2 Å². The Hall–Kier alpha value is -0.870. The molecule has 2 aliphatic rings. The van der Waals surface area contributed by atoms with Gasteiger partial charge in [-0.15, -0.1) is 0 Å². The van der Waals surface area contributed by atoms with Crippen LogP contribution >= 0.6 is 0 Å². The highest BCUT2D eigenvalue weighted by Gasteiger charge is 2.36. The van der Waals surface area contributed by atoms with Gasteiger partial charge in [0.05, 0.1) is 0 Å². The fourth-order valence-electron chi connectivity index (χ4n) is 3.73. The minimum atomic E-state index is -0.658. The summed E-state index contributed by atoms with van der Waals surface area (Å²) in [6.07, 6.45) is 13.1. The topological polar surface area (TPSA) is 41.3 Å². The van der Waals surface area contributed by atoms with Gasteiger partial charge in [-0.05, 0) is 64.6 Å². The van der Waals surface area contributed by atoms with E-state index in [1.165, 1.54) is 38.9 Å². The van der Waals surface area contributed by atoms with Gasteiger partial charge in [0.1, 0.15) is 11.4 Å². The van der Waals surface area contributed by atoms with Gasteiger partial charge in [-0.2, -0.15) is 0 Å². The molecule has 1 saturated carbocycles. The Morgan fingerprint density at radius 1 is 1.05 bits per heavy atom. The van der Waals surface area contributed by atoms with Crippen LogP contribution in [0.15, 0.2) is 12.4 Å². The zero-order valence-electron chi connectivity index (χ0n) is 12.4. The maximum absolute atomic E-state index is 10.7. The summed E-state index contributed by atoms with van der Waals surface area (Å²) in [6, 6.07) is 0. The highest BCUT2D eigenvalue weighted by atomic mass is 16.3. The molecular weight excluding hydrogens is 250 g/mol. The van der Waals surface area contributed by atoms with Crippen molar-refractivity contribution in [1.29, 1.82) is 0 Å². The third-order valence-electron chi connectivity index (χ3n) is 4.88. The molecule has 2 fully saturated rings. The maximum atomic E-state index is 10.7. The fourth-order valence-corrected chi connectivity index (χ4v) is 3.73. The number of nitrogens with zero attached hydrogens (tertiary/aromatic N) is 3. The van der Waals surface area contributed by atoms with E-state index in [1.807, 2.05) is 12.4 Å². The van der Waals surface area contributed by atoms with E-state index in [-0.39, 0.29) is 0 Å². The zero-order valence-corrected chi connectivity index (χ0v) is 12.4. The summed E-state index contributed by atoms with van der Waals surface area (Å²) in [5, 5.41) is 10.7. The summed E-state index contributed by atoms with van der Waals surface area (Å²) in [6.45, 7) is 4.69. The van der Waals surface area contributed by atoms with E-state index in [0.29, 0.717) is 0 Å². The lowest BCUT2D eigenvalue weighted by atomic mass is 10.0. The molecule has 112 valence electrons. The number of aliphatic hydroxyl groups is 1. The van der Waals surface area contributed by atoms with Crippen LogP contribution in [0.5, 0.6) is 0 Å². The highest BCUT2D eigenvalue weighted by Crippen LogP contribution is 2.37. The zero-order chi connectivity index (χ0) is 13.8.